The van der Waals surface area contributed by atoms with Gasteiger partial charge in [-0.15, -0.1) is 0 Å². The zero-order valence-electron chi connectivity index (χ0n) is 12.2. The van der Waals surface area contributed by atoms with Crippen molar-refractivity contribution in [3.63, 3.8) is 0 Å². The minimum atomic E-state index is 0.535. The molecule has 0 amide bonds. The molecule has 0 spiro atoms. The van der Waals surface area contributed by atoms with Gasteiger partial charge in [-0.25, -0.2) is 15.8 Å². The minimum absolute atomic E-state index is 0.535. The van der Waals surface area contributed by atoms with Crippen LogP contribution in [0, 0.1) is 5.92 Å². The molecule has 1 aromatic heterocycles. The molecular weight excluding hydrogens is 250 g/mol. The van der Waals surface area contributed by atoms with Crippen LogP contribution in [-0.4, -0.2) is 16.0 Å². The van der Waals surface area contributed by atoms with Gasteiger partial charge in [0.05, 0.1) is 0 Å². The molecule has 2 aliphatic carbocycles. The van der Waals surface area contributed by atoms with E-state index in [1.807, 2.05) is 6.07 Å². The zero-order chi connectivity index (χ0) is 13.9. The molecule has 2 saturated carbocycles. The maximum atomic E-state index is 5.52. The molecule has 3 rings (SSSR count). The number of hydrazine groups is 1. The standard InChI is InChI=1S/C15H25N5/c1-10-3-2-4-12(8-5-10)17-13-9-14(20-16)19-15(18-13)11-6-7-11/h9-12H,2-8,16H2,1H3,(H2,17,18,19,20). The third kappa shape index (κ3) is 3.39. The Bertz CT molecular complexity index is 458. The highest BCUT2D eigenvalue weighted by atomic mass is 15.3. The summed E-state index contributed by atoms with van der Waals surface area (Å²) in [6.45, 7) is 2.36. The Kier molecular flexibility index (Phi) is 4.05. The highest BCUT2D eigenvalue weighted by molar-refractivity contribution is 5.48. The summed E-state index contributed by atoms with van der Waals surface area (Å²) in [7, 11) is 0. The number of nitrogens with one attached hydrogen (secondary N) is 2. The van der Waals surface area contributed by atoms with Crippen LogP contribution in [0.3, 0.4) is 0 Å². The number of nitrogens with zero attached hydrogens (tertiary/aromatic N) is 2. The number of rotatable bonds is 4. The van der Waals surface area contributed by atoms with Crippen molar-refractivity contribution < 1.29 is 0 Å². The summed E-state index contributed by atoms with van der Waals surface area (Å²) in [4.78, 5) is 9.12. The van der Waals surface area contributed by atoms with Crippen LogP contribution in [0.1, 0.15) is 63.6 Å². The number of anilines is 2. The fourth-order valence-corrected chi connectivity index (χ4v) is 2.98. The molecule has 0 aromatic carbocycles. The predicted molar refractivity (Wildman–Crippen MR) is 81.5 cm³/mol. The largest absolute Gasteiger partial charge is 0.367 e. The monoisotopic (exact) mass is 275 g/mol. The van der Waals surface area contributed by atoms with Crippen molar-refractivity contribution in [2.24, 2.45) is 11.8 Å². The van der Waals surface area contributed by atoms with Crippen LogP contribution in [0.25, 0.3) is 0 Å². The number of nitrogen functional groups attached to an aromatic ring is 1. The van der Waals surface area contributed by atoms with Crippen LogP contribution in [0.2, 0.25) is 0 Å². The Morgan fingerprint density at radius 3 is 2.60 bits per heavy atom. The molecule has 2 aliphatic rings. The fraction of sp³-hybridized carbons (Fsp3) is 0.733. The highest BCUT2D eigenvalue weighted by Gasteiger charge is 2.27. The van der Waals surface area contributed by atoms with Crippen LogP contribution < -0.4 is 16.6 Å². The van der Waals surface area contributed by atoms with E-state index in [-0.39, 0.29) is 0 Å². The van der Waals surface area contributed by atoms with E-state index < -0.39 is 0 Å². The summed E-state index contributed by atoms with van der Waals surface area (Å²) in [5, 5.41) is 3.59. The van der Waals surface area contributed by atoms with Crippen LogP contribution in [0.5, 0.6) is 0 Å². The lowest BCUT2D eigenvalue weighted by Crippen LogP contribution is -2.20. The van der Waals surface area contributed by atoms with Crippen molar-refractivity contribution in [3.05, 3.63) is 11.9 Å². The quantitative estimate of drug-likeness (QED) is 0.447. The van der Waals surface area contributed by atoms with E-state index in [1.165, 1.54) is 44.9 Å². The molecule has 20 heavy (non-hydrogen) atoms. The number of aromatic nitrogens is 2. The van der Waals surface area contributed by atoms with E-state index >= 15 is 0 Å². The van der Waals surface area contributed by atoms with Gasteiger partial charge in [-0.05, 0) is 38.0 Å². The van der Waals surface area contributed by atoms with Crippen molar-refractivity contribution in [2.75, 3.05) is 10.7 Å². The van der Waals surface area contributed by atoms with Crippen LogP contribution in [0.4, 0.5) is 11.6 Å². The van der Waals surface area contributed by atoms with Crippen molar-refractivity contribution >= 4 is 11.6 Å². The number of hydrogen-bond donors (Lipinski definition) is 3. The molecule has 1 aromatic rings. The summed E-state index contributed by atoms with van der Waals surface area (Å²) in [5.41, 5.74) is 2.66. The van der Waals surface area contributed by atoms with Gasteiger partial charge in [-0.2, -0.15) is 0 Å². The first kappa shape index (κ1) is 13.6. The molecule has 2 unspecified atom stereocenters. The van der Waals surface area contributed by atoms with Gasteiger partial charge in [0.15, 0.2) is 0 Å². The molecular formula is C15H25N5. The lowest BCUT2D eigenvalue weighted by Gasteiger charge is -2.18. The average molecular weight is 275 g/mol. The first-order chi connectivity index (χ1) is 9.74. The topological polar surface area (TPSA) is 75.9 Å². The van der Waals surface area contributed by atoms with Crippen molar-refractivity contribution in [1.29, 1.82) is 0 Å². The molecule has 2 atom stereocenters. The van der Waals surface area contributed by atoms with E-state index in [1.54, 1.807) is 0 Å². The van der Waals surface area contributed by atoms with Gasteiger partial charge in [0.2, 0.25) is 0 Å². The van der Waals surface area contributed by atoms with Crippen LogP contribution in [-0.2, 0) is 0 Å². The summed E-state index contributed by atoms with van der Waals surface area (Å²) >= 11 is 0. The Labute approximate surface area is 120 Å². The second kappa shape index (κ2) is 5.95. The molecule has 0 aliphatic heterocycles. The predicted octanol–water partition coefficient (Wildman–Crippen LogP) is 3.02. The second-order valence-electron chi connectivity index (χ2n) is 6.37. The second-order valence-corrected chi connectivity index (χ2v) is 6.37. The fourth-order valence-electron chi connectivity index (χ4n) is 2.98. The summed E-state index contributed by atoms with van der Waals surface area (Å²) in [6, 6.07) is 2.45. The first-order valence-electron chi connectivity index (χ1n) is 7.86. The Balaban J connectivity index is 1.70. The van der Waals surface area contributed by atoms with Gasteiger partial charge in [0.1, 0.15) is 17.5 Å². The van der Waals surface area contributed by atoms with Crippen LogP contribution >= 0.6 is 0 Å². The zero-order valence-corrected chi connectivity index (χ0v) is 12.2. The number of hydrogen-bond acceptors (Lipinski definition) is 5. The Morgan fingerprint density at radius 1 is 1.05 bits per heavy atom. The maximum Gasteiger partial charge on any atom is 0.145 e. The third-order valence-electron chi connectivity index (χ3n) is 4.44. The van der Waals surface area contributed by atoms with Gasteiger partial charge in [-0.1, -0.05) is 19.8 Å². The summed E-state index contributed by atoms with van der Waals surface area (Å²) < 4.78 is 0. The number of nitrogens with two attached hydrogens (primary N) is 1. The summed E-state index contributed by atoms with van der Waals surface area (Å²) in [5.74, 6) is 9.49. The Hall–Kier alpha value is -1.36. The lowest BCUT2D eigenvalue weighted by molar-refractivity contribution is 0.502. The molecule has 1 heterocycles. The van der Waals surface area contributed by atoms with Crippen molar-refractivity contribution in [3.8, 4) is 0 Å². The van der Waals surface area contributed by atoms with Crippen molar-refractivity contribution in [2.45, 2.75) is 63.8 Å². The molecule has 0 saturated heterocycles. The normalized spacial score (nSPS) is 26.9. The van der Waals surface area contributed by atoms with Gasteiger partial charge in [0.25, 0.3) is 0 Å². The van der Waals surface area contributed by atoms with E-state index in [0.29, 0.717) is 17.8 Å². The average Bonchev–Trinajstić information content (AvgIpc) is 3.28. The minimum Gasteiger partial charge on any atom is -0.367 e. The van der Waals surface area contributed by atoms with E-state index in [9.17, 15) is 0 Å². The van der Waals surface area contributed by atoms with E-state index in [0.717, 1.165) is 17.6 Å². The van der Waals surface area contributed by atoms with Gasteiger partial charge in [-0.3, -0.25) is 0 Å². The first-order valence-corrected chi connectivity index (χ1v) is 7.86. The molecule has 4 N–H and O–H groups in total. The van der Waals surface area contributed by atoms with Gasteiger partial charge >= 0.3 is 0 Å². The van der Waals surface area contributed by atoms with Crippen molar-refractivity contribution in [1.82, 2.24) is 9.97 Å². The van der Waals surface area contributed by atoms with E-state index in [4.69, 9.17) is 5.84 Å². The molecule has 5 nitrogen and oxygen atoms in total. The molecule has 0 bridgehead atoms. The SMILES string of the molecule is CC1CCCC(Nc2cc(NN)nc(C3CC3)n2)CC1. The summed E-state index contributed by atoms with van der Waals surface area (Å²) in [6.07, 6.45) is 8.84. The van der Waals surface area contributed by atoms with Crippen LogP contribution in [0.15, 0.2) is 6.07 Å². The maximum absolute atomic E-state index is 5.52. The van der Waals surface area contributed by atoms with E-state index in [2.05, 4.69) is 27.6 Å². The molecule has 5 heteroatoms. The Morgan fingerprint density at radius 2 is 1.85 bits per heavy atom. The molecule has 110 valence electrons. The third-order valence-corrected chi connectivity index (χ3v) is 4.44. The van der Waals surface area contributed by atoms with Gasteiger partial charge in [0, 0.05) is 18.0 Å². The lowest BCUT2D eigenvalue weighted by atomic mass is 10.0. The van der Waals surface area contributed by atoms with Gasteiger partial charge < -0.3 is 10.7 Å². The molecule has 0 radical (unpaired) electrons. The smallest absolute Gasteiger partial charge is 0.145 e. The highest BCUT2D eigenvalue weighted by Crippen LogP contribution is 2.39. The molecule has 2 fully saturated rings.